The Morgan fingerprint density at radius 2 is 2.35 bits per heavy atom. The van der Waals surface area contributed by atoms with Crippen LogP contribution in [0.15, 0.2) is 18.2 Å². The predicted octanol–water partition coefficient (Wildman–Crippen LogP) is 1.20. The van der Waals surface area contributed by atoms with Gasteiger partial charge in [-0.3, -0.25) is 9.59 Å². The van der Waals surface area contributed by atoms with Gasteiger partial charge in [-0.25, -0.2) is 0 Å². The molecule has 1 atom stereocenters. The van der Waals surface area contributed by atoms with E-state index in [1.165, 1.54) is 7.11 Å². The quantitative estimate of drug-likeness (QED) is 0.583. The van der Waals surface area contributed by atoms with Crippen LogP contribution in [0.3, 0.4) is 0 Å². The molecule has 5 heteroatoms. The summed E-state index contributed by atoms with van der Waals surface area (Å²) in [6.45, 7) is 0.294. The molecule has 0 saturated heterocycles. The van der Waals surface area contributed by atoms with Crippen molar-refractivity contribution in [3.05, 3.63) is 23.8 Å². The third kappa shape index (κ3) is 2.55. The van der Waals surface area contributed by atoms with Crippen LogP contribution in [0.4, 0.5) is 0 Å². The number of hydrogen-bond acceptors (Lipinski definition) is 5. The molecule has 17 heavy (non-hydrogen) atoms. The summed E-state index contributed by atoms with van der Waals surface area (Å²) in [4.78, 5) is 21.7. The monoisotopic (exact) mass is 236 g/mol. The Hall–Kier alpha value is -2.04. The number of esters is 1. The van der Waals surface area contributed by atoms with Crippen LogP contribution in [0.5, 0.6) is 11.5 Å². The van der Waals surface area contributed by atoms with Crippen LogP contribution < -0.4 is 9.47 Å². The molecular weight excluding hydrogens is 224 g/mol. The lowest BCUT2D eigenvalue weighted by molar-refractivity contribution is -0.143. The summed E-state index contributed by atoms with van der Waals surface area (Å²) in [6.07, 6.45) is 0.478. The van der Waals surface area contributed by atoms with Gasteiger partial charge in [0.25, 0.3) is 0 Å². The largest absolute Gasteiger partial charge is 0.486 e. The van der Waals surface area contributed by atoms with Gasteiger partial charge >= 0.3 is 5.97 Å². The minimum Gasteiger partial charge on any atom is -0.486 e. The molecule has 1 aliphatic heterocycles. The minimum atomic E-state index is -0.378. The molecule has 1 aromatic rings. The highest BCUT2D eigenvalue weighted by molar-refractivity contribution is 5.76. The second-order valence-electron chi connectivity index (χ2n) is 3.66. The van der Waals surface area contributed by atoms with Crippen molar-refractivity contribution in [2.24, 2.45) is 0 Å². The number of carbonyl (C=O) groups is 2. The summed E-state index contributed by atoms with van der Waals surface area (Å²) in [5.74, 6) is 0.708. The highest BCUT2D eigenvalue weighted by Gasteiger charge is 2.23. The van der Waals surface area contributed by atoms with E-state index in [1.807, 2.05) is 0 Å². The molecule has 0 aromatic heterocycles. The van der Waals surface area contributed by atoms with E-state index in [4.69, 9.17) is 9.47 Å². The molecule has 2 rings (SSSR count). The topological polar surface area (TPSA) is 61.8 Å². The molecular formula is C12H12O5. The van der Waals surface area contributed by atoms with E-state index in [0.717, 1.165) is 6.29 Å². The Labute approximate surface area is 98.3 Å². The number of methoxy groups -OCH3 is 1. The molecule has 0 amide bonds. The van der Waals surface area contributed by atoms with Gasteiger partial charge < -0.3 is 14.2 Å². The van der Waals surface area contributed by atoms with E-state index in [1.54, 1.807) is 18.2 Å². The van der Waals surface area contributed by atoms with Crippen LogP contribution >= 0.6 is 0 Å². The van der Waals surface area contributed by atoms with E-state index < -0.39 is 0 Å². The fourth-order valence-corrected chi connectivity index (χ4v) is 1.58. The highest BCUT2D eigenvalue weighted by atomic mass is 16.6. The summed E-state index contributed by atoms with van der Waals surface area (Å²) in [6, 6.07) is 4.91. The molecule has 0 saturated carbocycles. The number of fused-ring (bicyclic) bond motifs is 1. The van der Waals surface area contributed by atoms with Crippen molar-refractivity contribution in [2.45, 2.75) is 12.5 Å². The zero-order valence-electron chi connectivity index (χ0n) is 9.34. The van der Waals surface area contributed by atoms with Gasteiger partial charge in [0.05, 0.1) is 13.5 Å². The Morgan fingerprint density at radius 3 is 3.06 bits per heavy atom. The van der Waals surface area contributed by atoms with Crippen LogP contribution in [-0.4, -0.2) is 32.1 Å². The van der Waals surface area contributed by atoms with Gasteiger partial charge in [-0.05, 0) is 18.2 Å². The molecule has 0 bridgehead atoms. The first-order valence-electron chi connectivity index (χ1n) is 5.18. The lowest BCUT2D eigenvalue weighted by Crippen LogP contribution is -2.31. The molecule has 0 aliphatic carbocycles. The van der Waals surface area contributed by atoms with Gasteiger partial charge in [-0.2, -0.15) is 0 Å². The molecule has 0 spiro atoms. The zero-order valence-corrected chi connectivity index (χ0v) is 9.34. The van der Waals surface area contributed by atoms with Gasteiger partial charge in [0, 0.05) is 5.56 Å². The molecule has 0 radical (unpaired) electrons. The van der Waals surface area contributed by atoms with Gasteiger partial charge in [0.2, 0.25) is 0 Å². The minimum absolute atomic E-state index is 0.126. The first kappa shape index (κ1) is 11.4. The standard InChI is InChI=1S/C12H12O5/c1-15-12(14)5-9-7-16-10-3-2-8(6-13)4-11(10)17-9/h2-4,6,9H,5,7H2,1H3. The van der Waals surface area contributed by atoms with Crippen LogP contribution in [0.1, 0.15) is 16.8 Å². The van der Waals surface area contributed by atoms with E-state index in [-0.39, 0.29) is 18.5 Å². The third-order valence-electron chi connectivity index (χ3n) is 2.44. The maximum absolute atomic E-state index is 11.1. The normalized spacial score (nSPS) is 17.4. The first-order chi connectivity index (χ1) is 8.22. The molecule has 90 valence electrons. The summed E-state index contributed by atoms with van der Waals surface area (Å²) in [5, 5.41) is 0. The van der Waals surface area contributed by atoms with Crippen molar-refractivity contribution < 1.29 is 23.8 Å². The Bertz CT molecular complexity index is 441. The molecule has 1 aliphatic rings. The van der Waals surface area contributed by atoms with Crippen molar-refractivity contribution in [1.29, 1.82) is 0 Å². The predicted molar refractivity (Wildman–Crippen MR) is 58.4 cm³/mol. The second kappa shape index (κ2) is 4.86. The van der Waals surface area contributed by atoms with Crippen molar-refractivity contribution in [2.75, 3.05) is 13.7 Å². The van der Waals surface area contributed by atoms with E-state index in [9.17, 15) is 9.59 Å². The summed E-state index contributed by atoms with van der Waals surface area (Å²) in [5.41, 5.74) is 0.506. The summed E-state index contributed by atoms with van der Waals surface area (Å²) in [7, 11) is 1.32. The highest BCUT2D eigenvalue weighted by Crippen LogP contribution is 2.32. The molecule has 0 N–H and O–H groups in total. The lowest BCUT2D eigenvalue weighted by Gasteiger charge is -2.25. The van der Waals surface area contributed by atoms with Gasteiger partial charge in [0.1, 0.15) is 19.0 Å². The van der Waals surface area contributed by atoms with Crippen LogP contribution in [0.2, 0.25) is 0 Å². The van der Waals surface area contributed by atoms with E-state index >= 15 is 0 Å². The Kier molecular flexibility index (Phi) is 3.27. The number of hydrogen-bond donors (Lipinski definition) is 0. The number of carbonyl (C=O) groups excluding carboxylic acids is 2. The lowest BCUT2D eigenvalue weighted by atomic mass is 10.2. The third-order valence-corrected chi connectivity index (χ3v) is 2.44. The first-order valence-corrected chi connectivity index (χ1v) is 5.18. The Balaban J connectivity index is 2.11. The average Bonchev–Trinajstić information content (AvgIpc) is 2.37. The maximum atomic E-state index is 11.1. The molecule has 0 fully saturated rings. The van der Waals surface area contributed by atoms with Crippen LogP contribution in [0.25, 0.3) is 0 Å². The van der Waals surface area contributed by atoms with Gasteiger partial charge in [-0.1, -0.05) is 0 Å². The number of ether oxygens (including phenoxy) is 3. The van der Waals surface area contributed by atoms with E-state index in [0.29, 0.717) is 23.7 Å². The number of rotatable bonds is 3. The van der Waals surface area contributed by atoms with Gasteiger partial charge in [0.15, 0.2) is 11.5 Å². The molecule has 1 aromatic carbocycles. The molecule has 1 unspecified atom stereocenters. The average molecular weight is 236 g/mol. The Morgan fingerprint density at radius 1 is 1.53 bits per heavy atom. The second-order valence-corrected chi connectivity index (χ2v) is 3.66. The number of aldehydes is 1. The van der Waals surface area contributed by atoms with Crippen molar-refractivity contribution >= 4 is 12.3 Å². The SMILES string of the molecule is COC(=O)CC1COc2ccc(C=O)cc2O1. The van der Waals surface area contributed by atoms with Crippen LogP contribution in [0, 0.1) is 0 Å². The van der Waals surface area contributed by atoms with Crippen LogP contribution in [-0.2, 0) is 9.53 Å². The van der Waals surface area contributed by atoms with E-state index in [2.05, 4.69) is 4.74 Å². The summed E-state index contributed by atoms with van der Waals surface area (Å²) < 4.78 is 15.5. The summed E-state index contributed by atoms with van der Waals surface area (Å²) >= 11 is 0. The smallest absolute Gasteiger partial charge is 0.309 e. The van der Waals surface area contributed by atoms with Gasteiger partial charge in [-0.15, -0.1) is 0 Å². The molecule has 1 heterocycles. The maximum Gasteiger partial charge on any atom is 0.309 e. The fourth-order valence-electron chi connectivity index (χ4n) is 1.58. The van der Waals surface area contributed by atoms with Crippen molar-refractivity contribution in [1.82, 2.24) is 0 Å². The zero-order chi connectivity index (χ0) is 12.3. The van der Waals surface area contributed by atoms with Crippen molar-refractivity contribution in [3.63, 3.8) is 0 Å². The van der Waals surface area contributed by atoms with Crippen molar-refractivity contribution in [3.8, 4) is 11.5 Å². The fraction of sp³-hybridized carbons (Fsp3) is 0.333. The number of benzene rings is 1. The molecule has 5 nitrogen and oxygen atoms in total.